The smallest absolute Gasteiger partial charge is 0.326 e. The summed E-state index contributed by atoms with van der Waals surface area (Å²) in [5, 5.41) is 12.0. The number of ether oxygens (including phenoxy) is 2. The number of aliphatic carboxylic acids is 1. The summed E-state index contributed by atoms with van der Waals surface area (Å²) >= 11 is 0. The van der Waals surface area contributed by atoms with E-state index in [2.05, 4.69) is 5.32 Å². The maximum atomic E-state index is 12.2. The van der Waals surface area contributed by atoms with Gasteiger partial charge in [0.05, 0.1) is 14.2 Å². The summed E-state index contributed by atoms with van der Waals surface area (Å²) < 4.78 is 10.5. The Morgan fingerprint density at radius 3 is 2.42 bits per heavy atom. The number of nitrogens with one attached hydrogen (secondary N) is 1. The fourth-order valence-corrected chi connectivity index (χ4v) is 2.64. The number of rotatable bonds is 9. The van der Waals surface area contributed by atoms with Gasteiger partial charge in [-0.2, -0.15) is 0 Å². The molecule has 26 heavy (non-hydrogen) atoms. The van der Waals surface area contributed by atoms with E-state index in [4.69, 9.17) is 9.47 Å². The van der Waals surface area contributed by atoms with Crippen molar-refractivity contribution in [3.05, 3.63) is 59.7 Å². The van der Waals surface area contributed by atoms with Crippen LogP contribution in [0.1, 0.15) is 17.5 Å². The molecule has 2 rings (SSSR count). The number of hydrogen-bond acceptors (Lipinski definition) is 4. The van der Waals surface area contributed by atoms with Crippen molar-refractivity contribution in [3.8, 4) is 11.5 Å². The van der Waals surface area contributed by atoms with Crippen molar-refractivity contribution >= 4 is 11.9 Å². The topological polar surface area (TPSA) is 84.9 Å². The van der Waals surface area contributed by atoms with Gasteiger partial charge in [0.25, 0.3) is 0 Å². The Kier molecular flexibility index (Phi) is 7.02. The minimum atomic E-state index is -1.05. The summed E-state index contributed by atoms with van der Waals surface area (Å²) in [5.74, 6) is -0.0364. The Morgan fingerprint density at radius 1 is 1.08 bits per heavy atom. The molecule has 0 bridgehead atoms. The lowest BCUT2D eigenvalue weighted by molar-refractivity contribution is -0.141. The first-order valence-corrected chi connectivity index (χ1v) is 8.30. The molecule has 0 saturated carbocycles. The van der Waals surface area contributed by atoms with Crippen LogP contribution in [0, 0.1) is 0 Å². The minimum absolute atomic E-state index is 0.155. The lowest BCUT2D eigenvalue weighted by Gasteiger charge is -2.15. The number of carbonyl (C=O) groups excluding carboxylic acids is 1. The number of carboxylic acids is 1. The highest BCUT2D eigenvalue weighted by atomic mass is 16.5. The maximum absolute atomic E-state index is 12.2. The van der Waals surface area contributed by atoms with E-state index in [1.807, 2.05) is 36.4 Å². The number of amides is 1. The number of carboxylic acid groups (broad SMARTS) is 1. The molecule has 1 amide bonds. The van der Waals surface area contributed by atoms with Gasteiger partial charge in [-0.3, -0.25) is 4.79 Å². The zero-order valence-electron chi connectivity index (χ0n) is 14.9. The predicted octanol–water partition coefficient (Wildman–Crippen LogP) is 2.45. The minimum Gasteiger partial charge on any atom is -0.497 e. The summed E-state index contributed by atoms with van der Waals surface area (Å²) in [5.41, 5.74) is 1.69. The van der Waals surface area contributed by atoms with Crippen molar-refractivity contribution in [1.82, 2.24) is 5.32 Å². The Hall–Kier alpha value is -3.02. The normalized spacial score (nSPS) is 11.5. The van der Waals surface area contributed by atoms with E-state index in [1.54, 1.807) is 26.4 Å². The fourth-order valence-electron chi connectivity index (χ4n) is 2.64. The molecule has 6 nitrogen and oxygen atoms in total. The first kappa shape index (κ1) is 19.3. The summed E-state index contributed by atoms with van der Waals surface area (Å²) in [4.78, 5) is 23.7. The van der Waals surface area contributed by atoms with Crippen molar-refractivity contribution in [2.45, 2.75) is 25.3 Å². The Morgan fingerprint density at radius 2 is 1.81 bits per heavy atom. The van der Waals surface area contributed by atoms with Crippen molar-refractivity contribution in [2.75, 3.05) is 14.2 Å². The third-order valence-electron chi connectivity index (χ3n) is 4.02. The van der Waals surface area contributed by atoms with E-state index in [0.29, 0.717) is 17.9 Å². The second-order valence-electron chi connectivity index (χ2n) is 5.83. The largest absolute Gasteiger partial charge is 0.497 e. The van der Waals surface area contributed by atoms with Crippen LogP contribution in [0.5, 0.6) is 11.5 Å². The van der Waals surface area contributed by atoms with Crippen LogP contribution in [0.4, 0.5) is 0 Å². The van der Waals surface area contributed by atoms with E-state index in [-0.39, 0.29) is 18.7 Å². The van der Waals surface area contributed by atoms with Gasteiger partial charge in [-0.15, -0.1) is 0 Å². The molecule has 0 heterocycles. The third kappa shape index (κ3) is 5.51. The number of carbonyl (C=O) groups is 2. The molecule has 0 aromatic heterocycles. The summed E-state index contributed by atoms with van der Waals surface area (Å²) in [6.45, 7) is 0. The second-order valence-corrected chi connectivity index (χ2v) is 5.83. The van der Waals surface area contributed by atoms with Crippen LogP contribution in [0.15, 0.2) is 48.5 Å². The van der Waals surface area contributed by atoms with Crippen LogP contribution in [0.25, 0.3) is 0 Å². The number of benzene rings is 2. The van der Waals surface area contributed by atoms with Gasteiger partial charge < -0.3 is 19.9 Å². The Bertz CT molecular complexity index is 745. The Balaban J connectivity index is 1.97. The van der Waals surface area contributed by atoms with Gasteiger partial charge in [-0.05, 0) is 35.7 Å². The zero-order valence-corrected chi connectivity index (χ0v) is 14.9. The van der Waals surface area contributed by atoms with Crippen LogP contribution in [0.2, 0.25) is 0 Å². The molecule has 138 valence electrons. The first-order valence-electron chi connectivity index (χ1n) is 8.30. The number of methoxy groups -OCH3 is 2. The van der Waals surface area contributed by atoms with Gasteiger partial charge in [-0.25, -0.2) is 4.79 Å². The van der Waals surface area contributed by atoms with Gasteiger partial charge in [-0.1, -0.05) is 30.3 Å². The average molecular weight is 357 g/mol. The first-order chi connectivity index (χ1) is 12.5. The number of hydrogen-bond donors (Lipinski definition) is 2. The van der Waals surface area contributed by atoms with Gasteiger partial charge in [0.1, 0.15) is 17.5 Å². The third-order valence-corrected chi connectivity index (χ3v) is 4.02. The van der Waals surface area contributed by atoms with E-state index >= 15 is 0 Å². The molecule has 2 N–H and O–H groups in total. The molecule has 0 saturated heterocycles. The van der Waals surface area contributed by atoms with Gasteiger partial charge >= 0.3 is 5.97 Å². The molecule has 1 unspecified atom stereocenters. The van der Waals surface area contributed by atoms with E-state index in [9.17, 15) is 14.7 Å². The molecule has 1 atom stereocenters. The lowest BCUT2D eigenvalue weighted by Crippen LogP contribution is -2.42. The average Bonchev–Trinajstić information content (AvgIpc) is 2.66. The molecule has 2 aromatic carbocycles. The second kappa shape index (κ2) is 9.46. The van der Waals surface area contributed by atoms with Crippen LogP contribution in [-0.4, -0.2) is 37.2 Å². The summed E-state index contributed by atoms with van der Waals surface area (Å²) in [7, 11) is 3.13. The molecular formula is C20H23NO5. The SMILES string of the molecule is COc1ccc(OC)c(CCC(=O)NC(Cc2ccccc2)C(=O)O)c1. The standard InChI is InChI=1S/C20H23NO5/c1-25-16-9-10-18(26-2)15(13-16)8-11-19(22)21-17(20(23)24)12-14-6-4-3-5-7-14/h3-7,9-10,13,17H,8,11-12H2,1-2H3,(H,21,22)(H,23,24). The van der Waals surface area contributed by atoms with E-state index in [1.165, 1.54) is 0 Å². The molecule has 0 aliphatic carbocycles. The van der Waals surface area contributed by atoms with E-state index < -0.39 is 12.0 Å². The van der Waals surface area contributed by atoms with Gasteiger partial charge in [0, 0.05) is 12.8 Å². The molecule has 2 aromatic rings. The maximum Gasteiger partial charge on any atom is 0.326 e. The summed E-state index contributed by atoms with van der Waals surface area (Å²) in [6.07, 6.45) is 0.816. The molecule has 0 spiro atoms. The molecule has 0 radical (unpaired) electrons. The van der Waals surface area contributed by atoms with Crippen LogP contribution in [-0.2, 0) is 22.4 Å². The molecule has 0 fully saturated rings. The number of aryl methyl sites for hydroxylation is 1. The van der Waals surface area contributed by atoms with Crippen molar-refractivity contribution in [2.24, 2.45) is 0 Å². The molecule has 0 aliphatic heterocycles. The highest BCUT2D eigenvalue weighted by molar-refractivity contribution is 5.83. The van der Waals surface area contributed by atoms with Crippen LogP contribution >= 0.6 is 0 Å². The molecular weight excluding hydrogens is 334 g/mol. The zero-order chi connectivity index (χ0) is 18.9. The van der Waals surface area contributed by atoms with Gasteiger partial charge in [0.15, 0.2) is 0 Å². The molecule has 6 heteroatoms. The molecule has 0 aliphatic rings. The highest BCUT2D eigenvalue weighted by Gasteiger charge is 2.20. The summed E-state index contributed by atoms with van der Waals surface area (Å²) in [6, 6.07) is 13.6. The Labute approximate surface area is 152 Å². The highest BCUT2D eigenvalue weighted by Crippen LogP contribution is 2.25. The van der Waals surface area contributed by atoms with Crippen molar-refractivity contribution in [1.29, 1.82) is 0 Å². The van der Waals surface area contributed by atoms with Crippen LogP contribution in [0.3, 0.4) is 0 Å². The van der Waals surface area contributed by atoms with Crippen molar-refractivity contribution < 1.29 is 24.2 Å². The fraction of sp³-hybridized carbons (Fsp3) is 0.300. The van der Waals surface area contributed by atoms with Crippen LogP contribution < -0.4 is 14.8 Å². The lowest BCUT2D eigenvalue weighted by atomic mass is 10.0. The van der Waals surface area contributed by atoms with Crippen molar-refractivity contribution in [3.63, 3.8) is 0 Å². The van der Waals surface area contributed by atoms with Gasteiger partial charge in [0.2, 0.25) is 5.91 Å². The monoisotopic (exact) mass is 357 g/mol. The quantitative estimate of drug-likeness (QED) is 0.720. The van der Waals surface area contributed by atoms with E-state index in [0.717, 1.165) is 11.1 Å². The predicted molar refractivity (Wildman–Crippen MR) is 97.6 cm³/mol.